The molecule has 8 nitrogen and oxygen atoms in total. The van der Waals surface area contributed by atoms with Crippen molar-refractivity contribution < 1.29 is 17.6 Å². The number of anilines is 2. The van der Waals surface area contributed by atoms with Gasteiger partial charge < -0.3 is 4.42 Å². The van der Waals surface area contributed by atoms with Crippen LogP contribution in [0.3, 0.4) is 0 Å². The van der Waals surface area contributed by atoms with Crippen molar-refractivity contribution in [1.29, 1.82) is 5.26 Å². The Kier molecular flexibility index (Phi) is 6.34. The van der Waals surface area contributed by atoms with Crippen LogP contribution >= 0.6 is 23.2 Å². The zero-order chi connectivity index (χ0) is 23.8. The molecule has 1 aromatic heterocycles. The lowest BCUT2D eigenvalue weighted by molar-refractivity contribution is 0.0975. The summed E-state index contributed by atoms with van der Waals surface area (Å²) in [6.45, 7) is 0.264. The smallest absolute Gasteiger partial charge is 0.303 e. The molecule has 170 valence electrons. The van der Waals surface area contributed by atoms with Crippen LogP contribution in [-0.2, 0) is 16.6 Å². The van der Waals surface area contributed by atoms with E-state index < -0.39 is 15.9 Å². The summed E-state index contributed by atoms with van der Waals surface area (Å²) >= 11 is 12.2. The molecule has 1 fully saturated rings. The van der Waals surface area contributed by atoms with Gasteiger partial charge in [0.2, 0.25) is 10.0 Å². The van der Waals surface area contributed by atoms with Crippen molar-refractivity contribution in [1.82, 2.24) is 9.71 Å². The molecule has 11 heteroatoms. The lowest BCUT2D eigenvalue weighted by Crippen LogP contribution is -2.30. The number of aromatic nitrogens is 1. The second-order valence-corrected chi connectivity index (χ2v) is 10.2. The summed E-state index contributed by atoms with van der Waals surface area (Å²) in [5, 5.41) is 9.92. The van der Waals surface area contributed by atoms with Crippen LogP contribution in [0.2, 0.25) is 10.0 Å². The highest BCUT2D eigenvalue weighted by Crippen LogP contribution is 2.44. The molecule has 1 aliphatic carbocycles. The number of rotatable bonds is 7. The number of sulfonamides is 1. The standard InChI is InChI=1S/C22H18Cl2N4O4S/c1-33(30,31)27-21(29)19-20(15-5-6-15)32-22(26-19)28(16-7-2-13(11-25)3-8-16)12-14-4-9-17(23)18(24)10-14/h2-4,7-10,15H,5-6,12H2,1H3,(H,27,29). The Morgan fingerprint density at radius 1 is 1.21 bits per heavy atom. The molecule has 0 unspecified atom stereocenters. The summed E-state index contributed by atoms with van der Waals surface area (Å²) in [4.78, 5) is 18.7. The molecule has 1 N–H and O–H groups in total. The molecule has 1 aliphatic rings. The van der Waals surface area contributed by atoms with Crippen molar-refractivity contribution in [3.8, 4) is 6.07 Å². The fraction of sp³-hybridized carbons (Fsp3) is 0.227. The monoisotopic (exact) mass is 504 g/mol. The molecular formula is C22H18Cl2N4O4S. The number of carbonyl (C=O) groups is 1. The van der Waals surface area contributed by atoms with E-state index in [1.165, 1.54) is 0 Å². The summed E-state index contributed by atoms with van der Waals surface area (Å²) in [6, 6.07) is 14.1. The van der Waals surface area contributed by atoms with Crippen LogP contribution in [0.15, 0.2) is 46.9 Å². The lowest BCUT2D eigenvalue weighted by Gasteiger charge is -2.21. The highest BCUT2D eigenvalue weighted by atomic mass is 35.5. The van der Waals surface area contributed by atoms with Gasteiger partial charge in [-0.2, -0.15) is 10.2 Å². The maximum atomic E-state index is 12.6. The van der Waals surface area contributed by atoms with Gasteiger partial charge in [0.25, 0.3) is 5.91 Å². The van der Waals surface area contributed by atoms with E-state index in [0.29, 0.717) is 27.1 Å². The third kappa shape index (κ3) is 5.47. The Balaban J connectivity index is 1.77. The first-order valence-electron chi connectivity index (χ1n) is 9.89. The van der Waals surface area contributed by atoms with Crippen molar-refractivity contribution in [2.45, 2.75) is 25.3 Å². The number of carbonyl (C=O) groups excluding carboxylic acids is 1. The van der Waals surface area contributed by atoms with Gasteiger partial charge in [0.05, 0.1) is 34.5 Å². The largest absolute Gasteiger partial charge is 0.427 e. The van der Waals surface area contributed by atoms with E-state index in [0.717, 1.165) is 24.7 Å². The molecule has 1 saturated carbocycles. The summed E-state index contributed by atoms with van der Waals surface area (Å²) in [7, 11) is -3.77. The summed E-state index contributed by atoms with van der Waals surface area (Å²) in [6.07, 6.45) is 2.53. The molecule has 33 heavy (non-hydrogen) atoms. The zero-order valence-corrected chi connectivity index (χ0v) is 19.7. The van der Waals surface area contributed by atoms with Gasteiger partial charge in [-0.15, -0.1) is 0 Å². The molecule has 0 aliphatic heterocycles. The number of halogens is 2. The van der Waals surface area contributed by atoms with E-state index in [9.17, 15) is 13.2 Å². The number of nitrogens with zero attached hydrogens (tertiary/aromatic N) is 3. The van der Waals surface area contributed by atoms with Crippen molar-refractivity contribution in [3.05, 3.63) is 75.1 Å². The van der Waals surface area contributed by atoms with E-state index in [-0.39, 0.29) is 24.2 Å². The van der Waals surface area contributed by atoms with Crippen LogP contribution in [0, 0.1) is 11.3 Å². The minimum atomic E-state index is -3.77. The van der Waals surface area contributed by atoms with Gasteiger partial charge >= 0.3 is 6.01 Å². The number of hydrogen-bond acceptors (Lipinski definition) is 7. The number of hydrogen-bond donors (Lipinski definition) is 1. The maximum Gasteiger partial charge on any atom is 0.303 e. The molecule has 0 bridgehead atoms. The number of oxazole rings is 1. The fourth-order valence-electron chi connectivity index (χ4n) is 3.24. The van der Waals surface area contributed by atoms with Crippen molar-refractivity contribution in [3.63, 3.8) is 0 Å². The molecule has 1 heterocycles. The molecular weight excluding hydrogens is 487 g/mol. The molecule has 0 atom stereocenters. The van der Waals surface area contributed by atoms with Gasteiger partial charge in [-0.05, 0) is 54.8 Å². The van der Waals surface area contributed by atoms with E-state index in [2.05, 4.69) is 11.1 Å². The second kappa shape index (κ2) is 9.06. The molecule has 2 aromatic carbocycles. The maximum absolute atomic E-state index is 12.6. The third-order valence-corrected chi connectivity index (χ3v) is 6.24. The normalized spacial score (nSPS) is 13.4. The first-order valence-corrected chi connectivity index (χ1v) is 12.5. The van der Waals surface area contributed by atoms with Gasteiger partial charge in [0, 0.05) is 11.6 Å². The van der Waals surface area contributed by atoms with Gasteiger partial charge in [-0.25, -0.2) is 13.1 Å². The molecule has 0 spiro atoms. The van der Waals surface area contributed by atoms with Crippen molar-refractivity contribution >= 4 is 50.8 Å². The van der Waals surface area contributed by atoms with Crippen LogP contribution in [0.4, 0.5) is 11.7 Å². The van der Waals surface area contributed by atoms with E-state index >= 15 is 0 Å². The first-order chi connectivity index (χ1) is 15.6. The quantitative estimate of drug-likeness (QED) is 0.492. The molecule has 3 aromatic rings. The second-order valence-electron chi connectivity index (χ2n) is 7.68. The summed E-state index contributed by atoms with van der Waals surface area (Å²) in [5.41, 5.74) is 1.86. The number of amides is 1. The number of nitriles is 1. The highest BCUT2D eigenvalue weighted by Gasteiger charge is 2.35. The van der Waals surface area contributed by atoms with E-state index in [1.54, 1.807) is 47.4 Å². The Morgan fingerprint density at radius 2 is 1.91 bits per heavy atom. The third-order valence-electron chi connectivity index (χ3n) is 4.95. The predicted octanol–water partition coefficient (Wildman–Crippen LogP) is 4.76. The Labute approximate surface area is 200 Å². The minimum absolute atomic E-state index is 0.000601. The average Bonchev–Trinajstić information content (AvgIpc) is 3.51. The van der Waals surface area contributed by atoms with Crippen LogP contribution in [0.25, 0.3) is 0 Å². The van der Waals surface area contributed by atoms with Crippen molar-refractivity contribution in [2.75, 3.05) is 11.2 Å². The van der Waals surface area contributed by atoms with E-state index in [4.69, 9.17) is 32.9 Å². The Hall–Kier alpha value is -3.06. The predicted molar refractivity (Wildman–Crippen MR) is 124 cm³/mol. The van der Waals surface area contributed by atoms with Gasteiger partial charge in [0.1, 0.15) is 5.76 Å². The molecule has 1 amide bonds. The lowest BCUT2D eigenvalue weighted by atomic mass is 10.1. The van der Waals surface area contributed by atoms with Crippen LogP contribution in [0.5, 0.6) is 0 Å². The van der Waals surface area contributed by atoms with E-state index in [1.807, 2.05) is 4.72 Å². The number of benzene rings is 2. The van der Waals surface area contributed by atoms with Crippen LogP contribution in [0.1, 0.15) is 46.1 Å². The Morgan fingerprint density at radius 3 is 2.48 bits per heavy atom. The fourth-order valence-corrected chi connectivity index (χ4v) is 4.00. The highest BCUT2D eigenvalue weighted by molar-refractivity contribution is 7.89. The van der Waals surface area contributed by atoms with Gasteiger partial charge in [-0.3, -0.25) is 9.69 Å². The molecule has 4 rings (SSSR count). The minimum Gasteiger partial charge on any atom is -0.427 e. The summed E-state index contributed by atoms with van der Waals surface area (Å²) in [5.74, 6) is -0.498. The van der Waals surface area contributed by atoms with Gasteiger partial charge in [0.15, 0.2) is 5.69 Å². The molecule has 0 radical (unpaired) electrons. The van der Waals surface area contributed by atoms with Crippen molar-refractivity contribution in [2.24, 2.45) is 0 Å². The van der Waals surface area contributed by atoms with Gasteiger partial charge in [-0.1, -0.05) is 29.3 Å². The topological polar surface area (TPSA) is 116 Å². The van der Waals surface area contributed by atoms with Crippen LogP contribution in [-0.4, -0.2) is 25.6 Å². The SMILES string of the molecule is CS(=O)(=O)NC(=O)c1nc(N(Cc2ccc(Cl)c(Cl)c2)c2ccc(C#N)cc2)oc1C1CC1. The Bertz CT molecular complexity index is 1360. The zero-order valence-electron chi connectivity index (χ0n) is 17.4. The first kappa shape index (κ1) is 23.1. The van der Waals surface area contributed by atoms with Crippen LogP contribution < -0.4 is 9.62 Å². The molecule has 0 saturated heterocycles. The number of nitrogens with one attached hydrogen (secondary N) is 1. The summed E-state index contributed by atoms with van der Waals surface area (Å²) < 4.78 is 31.1. The average molecular weight is 505 g/mol.